The van der Waals surface area contributed by atoms with E-state index in [1.54, 1.807) is 6.07 Å². The largest absolute Gasteiger partial charge is 0.398 e. The van der Waals surface area contributed by atoms with Gasteiger partial charge in [-0.15, -0.1) is 0 Å². The second-order valence-electron chi connectivity index (χ2n) is 7.01. The van der Waals surface area contributed by atoms with E-state index >= 15 is 0 Å². The minimum absolute atomic E-state index is 0.0415. The number of rotatable bonds is 7. The van der Waals surface area contributed by atoms with Gasteiger partial charge in [-0.1, -0.05) is 25.0 Å². The summed E-state index contributed by atoms with van der Waals surface area (Å²) in [6.07, 6.45) is 8.16. The molecule has 1 heterocycles. The van der Waals surface area contributed by atoms with Crippen molar-refractivity contribution in [1.82, 2.24) is 9.97 Å². The summed E-state index contributed by atoms with van der Waals surface area (Å²) in [7, 11) is 0. The van der Waals surface area contributed by atoms with Gasteiger partial charge in [0.1, 0.15) is 11.4 Å². The lowest BCUT2D eigenvalue weighted by Gasteiger charge is -2.29. The molecule has 1 aliphatic rings. The van der Waals surface area contributed by atoms with Crippen molar-refractivity contribution in [2.75, 3.05) is 10.6 Å². The van der Waals surface area contributed by atoms with Crippen molar-refractivity contribution in [2.24, 2.45) is 17.2 Å². The van der Waals surface area contributed by atoms with E-state index < -0.39 is 5.91 Å². The molecule has 9 N–H and O–H groups in total. The molecule has 0 saturated heterocycles. The van der Waals surface area contributed by atoms with E-state index in [0.29, 0.717) is 23.2 Å². The molecule has 0 bridgehead atoms. The van der Waals surface area contributed by atoms with Crippen molar-refractivity contribution in [1.29, 1.82) is 5.41 Å². The monoisotopic (exact) mass is 394 g/mol. The van der Waals surface area contributed by atoms with Gasteiger partial charge in [0.15, 0.2) is 0 Å². The zero-order chi connectivity index (χ0) is 20.8. The number of amides is 1. The van der Waals surface area contributed by atoms with Crippen LogP contribution in [0, 0.1) is 5.41 Å². The standard InChI is InChI=1S/C20H26N8O/c21-9-8-15(22)12-4-3-5-13(10-12)26-19-14(18(24)29)11-25-20(28-19)27-17-7-2-1-6-16(17)23/h3-5,8-11,16-17,21H,1-2,6-7,22-23H2,(H2,24,29)(H2,25,26,27,28)/b15-8-,21-9?/t16-,17+/m0/s1. The molecule has 9 heteroatoms. The first-order valence-corrected chi connectivity index (χ1v) is 9.50. The van der Waals surface area contributed by atoms with Crippen LogP contribution in [0.15, 0.2) is 36.5 Å². The van der Waals surface area contributed by atoms with Crippen LogP contribution >= 0.6 is 0 Å². The molecule has 0 unspecified atom stereocenters. The van der Waals surface area contributed by atoms with E-state index in [1.807, 2.05) is 18.2 Å². The highest BCUT2D eigenvalue weighted by molar-refractivity contribution is 5.98. The summed E-state index contributed by atoms with van der Waals surface area (Å²) in [6.45, 7) is 0. The van der Waals surface area contributed by atoms with Gasteiger partial charge >= 0.3 is 0 Å². The Morgan fingerprint density at radius 1 is 1.24 bits per heavy atom. The van der Waals surface area contributed by atoms with Gasteiger partial charge < -0.3 is 33.2 Å². The van der Waals surface area contributed by atoms with Crippen LogP contribution in [0.2, 0.25) is 0 Å². The zero-order valence-electron chi connectivity index (χ0n) is 16.1. The van der Waals surface area contributed by atoms with Gasteiger partial charge in [0, 0.05) is 35.9 Å². The van der Waals surface area contributed by atoms with E-state index in [4.69, 9.17) is 22.6 Å². The third-order valence-electron chi connectivity index (χ3n) is 4.91. The number of benzene rings is 1. The summed E-state index contributed by atoms with van der Waals surface area (Å²) in [5, 5.41) is 13.5. The second-order valence-corrected chi connectivity index (χ2v) is 7.01. The topological polar surface area (TPSA) is 169 Å². The normalized spacial score (nSPS) is 19.4. The van der Waals surface area contributed by atoms with Crippen LogP contribution in [-0.2, 0) is 0 Å². The van der Waals surface area contributed by atoms with Gasteiger partial charge in [-0.25, -0.2) is 4.98 Å². The molecule has 2 aromatic rings. The minimum Gasteiger partial charge on any atom is -0.398 e. The number of nitrogens with one attached hydrogen (secondary N) is 3. The Labute approximate surface area is 169 Å². The van der Waals surface area contributed by atoms with Crippen molar-refractivity contribution in [2.45, 2.75) is 37.8 Å². The number of primary amides is 1. The van der Waals surface area contributed by atoms with Crippen LogP contribution in [-0.4, -0.2) is 34.2 Å². The fraction of sp³-hybridized carbons (Fsp3) is 0.300. The van der Waals surface area contributed by atoms with Gasteiger partial charge in [-0.2, -0.15) is 4.98 Å². The highest BCUT2D eigenvalue weighted by atomic mass is 16.1. The summed E-state index contributed by atoms with van der Waals surface area (Å²) in [5.74, 6) is 0.0538. The molecule has 1 saturated carbocycles. The SMILES string of the molecule is N=C/C=C(\N)c1cccc(Nc2nc(N[C@@H]3CCCC[C@@H]3N)ncc2C(N)=O)c1. The molecule has 1 aliphatic carbocycles. The zero-order valence-corrected chi connectivity index (χ0v) is 16.1. The molecule has 1 aromatic heterocycles. The number of nitrogens with two attached hydrogens (primary N) is 3. The summed E-state index contributed by atoms with van der Waals surface area (Å²) < 4.78 is 0. The predicted octanol–water partition coefficient (Wildman–Crippen LogP) is 1.95. The Kier molecular flexibility index (Phi) is 6.40. The van der Waals surface area contributed by atoms with Crippen LogP contribution < -0.4 is 27.8 Å². The minimum atomic E-state index is -0.632. The molecule has 0 spiro atoms. The maximum atomic E-state index is 11.8. The van der Waals surface area contributed by atoms with E-state index in [2.05, 4.69) is 20.6 Å². The second kappa shape index (κ2) is 9.16. The third-order valence-corrected chi connectivity index (χ3v) is 4.91. The van der Waals surface area contributed by atoms with E-state index in [0.717, 1.165) is 37.5 Å². The molecule has 3 rings (SSSR count). The van der Waals surface area contributed by atoms with Crippen molar-refractivity contribution >= 4 is 35.3 Å². The molecular formula is C20H26N8O. The summed E-state index contributed by atoms with van der Waals surface area (Å²) in [4.78, 5) is 20.5. The molecule has 1 aromatic carbocycles. The van der Waals surface area contributed by atoms with Crippen molar-refractivity contribution < 1.29 is 4.79 Å². The maximum Gasteiger partial charge on any atom is 0.254 e. The van der Waals surface area contributed by atoms with Crippen LogP contribution in [0.25, 0.3) is 5.70 Å². The summed E-state index contributed by atoms with van der Waals surface area (Å²) in [6, 6.07) is 7.39. The number of hydrogen-bond acceptors (Lipinski definition) is 8. The van der Waals surface area contributed by atoms with Crippen LogP contribution in [0.3, 0.4) is 0 Å². The number of allylic oxidation sites excluding steroid dienone is 1. The molecule has 0 aliphatic heterocycles. The van der Waals surface area contributed by atoms with Crippen LogP contribution in [0.1, 0.15) is 41.6 Å². The van der Waals surface area contributed by atoms with Gasteiger partial charge in [-0.3, -0.25) is 4.79 Å². The molecule has 152 valence electrons. The molecule has 9 nitrogen and oxygen atoms in total. The lowest BCUT2D eigenvalue weighted by atomic mass is 9.91. The average Bonchev–Trinajstić information content (AvgIpc) is 2.70. The average molecular weight is 394 g/mol. The van der Waals surface area contributed by atoms with E-state index in [-0.39, 0.29) is 17.6 Å². The highest BCUT2D eigenvalue weighted by Crippen LogP contribution is 2.24. The van der Waals surface area contributed by atoms with Crippen molar-refractivity contribution in [3.8, 4) is 0 Å². The number of hydrogen-bond donors (Lipinski definition) is 6. The number of nitrogens with zero attached hydrogens (tertiary/aromatic N) is 2. The number of anilines is 3. The van der Waals surface area contributed by atoms with Crippen LogP contribution in [0.4, 0.5) is 17.5 Å². The number of carbonyl (C=O) groups excluding carboxylic acids is 1. The molecule has 0 radical (unpaired) electrons. The highest BCUT2D eigenvalue weighted by Gasteiger charge is 2.23. The third kappa shape index (κ3) is 5.08. The van der Waals surface area contributed by atoms with Gasteiger partial charge in [-0.05, 0) is 36.6 Å². The first kappa shape index (κ1) is 20.3. The quantitative estimate of drug-likeness (QED) is 0.390. The first-order valence-electron chi connectivity index (χ1n) is 9.50. The molecule has 1 amide bonds. The fourth-order valence-electron chi connectivity index (χ4n) is 3.33. The van der Waals surface area contributed by atoms with Gasteiger partial charge in [0.25, 0.3) is 5.91 Å². The summed E-state index contributed by atoms with van der Waals surface area (Å²) >= 11 is 0. The Balaban J connectivity index is 1.87. The predicted molar refractivity (Wildman–Crippen MR) is 115 cm³/mol. The van der Waals surface area contributed by atoms with Gasteiger partial charge in [0.2, 0.25) is 5.95 Å². The van der Waals surface area contributed by atoms with Crippen LogP contribution in [0.5, 0.6) is 0 Å². The molecule has 1 fully saturated rings. The van der Waals surface area contributed by atoms with E-state index in [1.165, 1.54) is 12.3 Å². The number of carbonyl (C=O) groups is 1. The van der Waals surface area contributed by atoms with Crippen molar-refractivity contribution in [3.05, 3.63) is 47.7 Å². The maximum absolute atomic E-state index is 11.8. The molecule has 2 atom stereocenters. The Morgan fingerprint density at radius 3 is 2.76 bits per heavy atom. The lowest BCUT2D eigenvalue weighted by molar-refractivity contribution is 0.100. The smallest absolute Gasteiger partial charge is 0.254 e. The summed E-state index contributed by atoms with van der Waals surface area (Å²) in [5.41, 5.74) is 19.7. The van der Waals surface area contributed by atoms with Crippen molar-refractivity contribution in [3.63, 3.8) is 0 Å². The number of aromatic nitrogens is 2. The van der Waals surface area contributed by atoms with Gasteiger partial charge in [0.05, 0.1) is 0 Å². The van der Waals surface area contributed by atoms with E-state index in [9.17, 15) is 4.79 Å². The molecule has 29 heavy (non-hydrogen) atoms. The molecular weight excluding hydrogens is 368 g/mol. The first-order chi connectivity index (χ1) is 14.0. The lowest BCUT2D eigenvalue weighted by Crippen LogP contribution is -2.43. The Morgan fingerprint density at radius 2 is 2.03 bits per heavy atom. The Hall–Kier alpha value is -3.46. The Bertz CT molecular complexity index is 926. The fourth-order valence-corrected chi connectivity index (χ4v) is 3.33.